The SMILES string of the molecule is CC(C)C(c1ccc2c(c1)sc1c(-c3[c-]c4ccccc4c(C(C)(C)C)c3)nccc12)(C(C)C)C(C)C.CCC(CC)C(=O)/C=C(\O)C(CC)CC.[Ir]. The van der Waals surface area contributed by atoms with E-state index in [1.807, 2.05) is 45.2 Å². The first-order valence-corrected chi connectivity index (χ1v) is 20.6. The number of nitrogens with zero attached hydrogens (tertiary/aromatic N) is 1. The molecule has 0 aliphatic rings. The van der Waals surface area contributed by atoms with Crippen molar-refractivity contribution in [3.05, 3.63) is 89.8 Å². The first-order chi connectivity index (χ1) is 24.6. The number of carbonyl (C=O) groups excluding carboxylic acids is 1. The summed E-state index contributed by atoms with van der Waals surface area (Å²) in [5.41, 5.74) is 5.10. The molecule has 5 aromatic rings. The van der Waals surface area contributed by atoms with Crippen molar-refractivity contribution in [2.24, 2.45) is 29.6 Å². The van der Waals surface area contributed by atoms with Crippen LogP contribution in [0.5, 0.6) is 0 Å². The Hall–Kier alpha value is -2.85. The first-order valence-electron chi connectivity index (χ1n) is 19.8. The van der Waals surface area contributed by atoms with Gasteiger partial charge < -0.3 is 5.11 Å². The van der Waals surface area contributed by atoms with Gasteiger partial charge in [-0.25, -0.2) is 0 Å². The average molecular weight is 911 g/mol. The minimum atomic E-state index is 0. The van der Waals surface area contributed by atoms with Crippen LogP contribution < -0.4 is 0 Å². The van der Waals surface area contributed by atoms with Crippen molar-refractivity contribution in [2.75, 3.05) is 0 Å². The number of pyridine rings is 1. The molecule has 0 spiro atoms. The Kier molecular flexibility index (Phi) is 15.7. The van der Waals surface area contributed by atoms with Gasteiger partial charge in [-0.3, -0.25) is 9.78 Å². The summed E-state index contributed by atoms with van der Waals surface area (Å²) in [7, 11) is 0. The number of allylic oxidation sites excluding steroid dienone is 2. The first kappa shape index (κ1) is 44.5. The van der Waals surface area contributed by atoms with Gasteiger partial charge in [-0.2, -0.15) is 0 Å². The second-order valence-corrected chi connectivity index (χ2v) is 17.7. The fourth-order valence-corrected chi connectivity index (χ4v) is 10.2. The number of ketones is 1. The monoisotopic (exact) mass is 911 g/mol. The molecule has 0 atom stereocenters. The van der Waals surface area contributed by atoms with Crippen molar-refractivity contribution in [1.82, 2.24) is 4.98 Å². The normalized spacial score (nSPS) is 12.8. The van der Waals surface area contributed by atoms with E-state index in [-0.39, 0.29) is 54.3 Å². The maximum atomic E-state index is 11.7. The van der Waals surface area contributed by atoms with Crippen LogP contribution in [0.15, 0.2) is 72.6 Å². The van der Waals surface area contributed by atoms with Gasteiger partial charge in [-0.1, -0.05) is 131 Å². The van der Waals surface area contributed by atoms with Crippen molar-refractivity contribution in [3.63, 3.8) is 0 Å². The molecule has 0 saturated heterocycles. The van der Waals surface area contributed by atoms with E-state index in [1.54, 1.807) is 0 Å². The molecular formula is C48H64IrNO2S-. The third-order valence-electron chi connectivity index (χ3n) is 11.7. The van der Waals surface area contributed by atoms with Crippen LogP contribution in [0, 0.1) is 35.7 Å². The molecule has 1 N–H and O–H groups in total. The smallest absolute Gasteiger partial charge is 0.162 e. The van der Waals surface area contributed by atoms with E-state index in [1.165, 1.54) is 42.8 Å². The summed E-state index contributed by atoms with van der Waals surface area (Å²) in [5.74, 6) is 2.21. The predicted molar refractivity (Wildman–Crippen MR) is 228 cm³/mol. The molecule has 1 radical (unpaired) electrons. The van der Waals surface area contributed by atoms with Crippen LogP contribution in [-0.2, 0) is 35.7 Å². The number of thiophene rings is 1. The Balaban J connectivity index is 0.000000403. The standard InChI is InChI=1S/C35H40NS.C13H24O2.Ir/c1-21(2)35(22(3)4,23(5)6)26-14-15-28-29-16-17-36-32(33(29)37-31(28)20-26)25-18-24-12-10-11-13-27(24)30(19-25)34(7,8)9;1-5-10(6-2)12(14)9-13(15)11(7-3)8-4;/h10-17,19-23H,1-9H3;9-11,14H,5-8H2,1-4H3;/q-1;;/b;12-9-;. The summed E-state index contributed by atoms with van der Waals surface area (Å²) in [4.78, 5) is 16.7. The number of benzene rings is 3. The Morgan fingerprint density at radius 1 is 0.792 bits per heavy atom. The van der Waals surface area contributed by atoms with Gasteiger partial charge in [0.05, 0.1) is 5.76 Å². The zero-order valence-electron chi connectivity index (χ0n) is 34.6. The van der Waals surface area contributed by atoms with Crippen LogP contribution in [0.25, 0.3) is 42.2 Å². The van der Waals surface area contributed by atoms with Crippen LogP contribution >= 0.6 is 11.3 Å². The Morgan fingerprint density at radius 3 is 1.92 bits per heavy atom. The molecule has 0 unspecified atom stereocenters. The molecule has 2 heterocycles. The number of aliphatic hydroxyl groups excluding tert-OH is 1. The second kappa shape index (κ2) is 18.7. The zero-order valence-corrected chi connectivity index (χ0v) is 37.8. The van der Waals surface area contributed by atoms with Crippen molar-refractivity contribution < 1.29 is 30.0 Å². The van der Waals surface area contributed by atoms with Gasteiger partial charge >= 0.3 is 0 Å². The number of rotatable bonds is 12. The van der Waals surface area contributed by atoms with Crippen LogP contribution in [0.1, 0.15) is 127 Å². The molecule has 289 valence electrons. The third-order valence-corrected chi connectivity index (χ3v) is 12.8. The maximum absolute atomic E-state index is 11.7. The van der Waals surface area contributed by atoms with Crippen LogP contribution in [0.3, 0.4) is 0 Å². The largest absolute Gasteiger partial charge is 0.512 e. The van der Waals surface area contributed by atoms with Crippen molar-refractivity contribution >= 4 is 48.1 Å². The predicted octanol–water partition coefficient (Wildman–Crippen LogP) is 14.4. The van der Waals surface area contributed by atoms with E-state index in [0.717, 1.165) is 42.3 Å². The van der Waals surface area contributed by atoms with E-state index < -0.39 is 0 Å². The molecule has 0 fully saturated rings. The molecular weight excluding hydrogens is 847 g/mol. The maximum Gasteiger partial charge on any atom is 0.162 e. The molecule has 0 aliphatic carbocycles. The molecule has 0 aliphatic heterocycles. The summed E-state index contributed by atoms with van der Waals surface area (Å²) >= 11 is 1.88. The van der Waals surface area contributed by atoms with Gasteiger partial charge in [0, 0.05) is 64.7 Å². The minimum Gasteiger partial charge on any atom is -0.512 e. The Labute approximate surface area is 338 Å². The molecule has 5 heteroatoms. The van der Waals surface area contributed by atoms with E-state index in [2.05, 4.69) is 123 Å². The van der Waals surface area contributed by atoms with Crippen LogP contribution in [0.4, 0.5) is 0 Å². The molecule has 53 heavy (non-hydrogen) atoms. The van der Waals surface area contributed by atoms with Crippen LogP contribution in [0.2, 0.25) is 0 Å². The van der Waals surface area contributed by atoms with Crippen LogP contribution in [-0.4, -0.2) is 15.9 Å². The molecule has 0 bridgehead atoms. The Morgan fingerprint density at radius 2 is 1.38 bits per heavy atom. The van der Waals surface area contributed by atoms with E-state index in [0.29, 0.717) is 17.8 Å². The van der Waals surface area contributed by atoms with Crippen molar-refractivity contribution in [2.45, 2.75) is 127 Å². The second-order valence-electron chi connectivity index (χ2n) is 16.6. The van der Waals surface area contributed by atoms with Gasteiger partial charge in [-0.15, -0.1) is 40.5 Å². The van der Waals surface area contributed by atoms with E-state index in [9.17, 15) is 9.90 Å². The topological polar surface area (TPSA) is 50.2 Å². The molecule has 2 aromatic heterocycles. The summed E-state index contributed by atoms with van der Waals surface area (Å²) in [6.07, 6.45) is 6.88. The minimum absolute atomic E-state index is 0. The van der Waals surface area contributed by atoms with E-state index >= 15 is 0 Å². The van der Waals surface area contributed by atoms with Gasteiger partial charge in [0.15, 0.2) is 5.78 Å². The van der Waals surface area contributed by atoms with Gasteiger partial charge in [0.1, 0.15) is 0 Å². The summed E-state index contributed by atoms with van der Waals surface area (Å²) < 4.78 is 2.61. The molecule has 3 nitrogen and oxygen atoms in total. The number of carbonyl (C=O) groups is 1. The zero-order chi connectivity index (χ0) is 38.5. The summed E-state index contributed by atoms with van der Waals surface area (Å²) in [6.45, 7) is 29.3. The number of hydrogen-bond acceptors (Lipinski definition) is 4. The van der Waals surface area contributed by atoms with Gasteiger partial charge in [0.2, 0.25) is 0 Å². The Bertz CT molecular complexity index is 1980. The molecule has 5 rings (SSSR count). The molecule has 0 saturated carbocycles. The van der Waals surface area contributed by atoms with Crippen molar-refractivity contribution in [3.8, 4) is 11.3 Å². The fraction of sp³-hybridized carbons (Fsp3) is 0.500. The van der Waals surface area contributed by atoms with Crippen molar-refractivity contribution in [1.29, 1.82) is 0 Å². The number of hydrogen-bond donors (Lipinski definition) is 1. The van der Waals surface area contributed by atoms with Gasteiger partial charge in [-0.05, 0) is 77.3 Å². The third kappa shape index (κ3) is 9.17. The molecule has 0 amide bonds. The quantitative estimate of drug-likeness (QED) is 0.0771. The van der Waals surface area contributed by atoms with E-state index in [4.69, 9.17) is 4.98 Å². The number of aliphatic hydroxyl groups is 1. The number of aromatic nitrogens is 1. The summed E-state index contributed by atoms with van der Waals surface area (Å²) in [6, 6.07) is 24.1. The molecule has 3 aromatic carbocycles. The number of fused-ring (bicyclic) bond motifs is 4. The van der Waals surface area contributed by atoms with Gasteiger partial charge in [0.25, 0.3) is 0 Å². The average Bonchev–Trinajstić information content (AvgIpc) is 3.46. The fourth-order valence-electron chi connectivity index (χ4n) is 8.92. The summed E-state index contributed by atoms with van der Waals surface area (Å²) in [5, 5.41) is 14.8.